The Balaban J connectivity index is 1.91. The van der Waals surface area contributed by atoms with Crippen LogP contribution in [0.4, 0.5) is 0 Å². The predicted molar refractivity (Wildman–Crippen MR) is 91.7 cm³/mol. The van der Waals surface area contributed by atoms with E-state index in [-0.39, 0.29) is 0 Å². The molecule has 21 heavy (non-hydrogen) atoms. The number of piperazine rings is 1. The van der Waals surface area contributed by atoms with Crippen LogP contribution in [0.1, 0.15) is 53.4 Å². The van der Waals surface area contributed by atoms with Crippen LogP contribution in [0.3, 0.4) is 0 Å². The summed E-state index contributed by atoms with van der Waals surface area (Å²) in [5.41, 5.74) is 0.469. The van der Waals surface area contributed by atoms with E-state index in [9.17, 15) is 0 Å². The van der Waals surface area contributed by atoms with E-state index in [2.05, 4.69) is 49.9 Å². The Morgan fingerprint density at radius 1 is 1.19 bits per heavy atom. The monoisotopic (exact) mass is 295 g/mol. The molecular weight excluding hydrogens is 258 g/mol. The van der Waals surface area contributed by atoms with Crippen molar-refractivity contribution in [1.29, 1.82) is 0 Å². The first-order valence-corrected chi connectivity index (χ1v) is 9.14. The van der Waals surface area contributed by atoms with Gasteiger partial charge in [0.05, 0.1) is 0 Å². The minimum Gasteiger partial charge on any atom is -0.313 e. The Labute approximate surface area is 132 Å². The van der Waals surface area contributed by atoms with E-state index in [4.69, 9.17) is 0 Å². The van der Waals surface area contributed by atoms with Crippen molar-refractivity contribution in [2.24, 2.45) is 11.3 Å². The molecule has 2 rings (SSSR count). The van der Waals surface area contributed by atoms with Crippen LogP contribution in [-0.2, 0) is 0 Å². The maximum absolute atomic E-state index is 3.86. The lowest BCUT2D eigenvalue weighted by molar-refractivity contribution is 0.0751. The van der Waals surface area contributed by atoms with Crippen molar-refractivity contribution < 1.29 is 0 Å². The first-order chi connectivity index (χ1) is 9.97. The molecule has 1 N–H and O–H groups in total. The standard InChI is InChI=1S/C18H37N3/c1-6-10-19-17-15(8-9-18(17,3)4)13-21-12-11-20(5)16(7-2)14-21/h15-17,19H,6-14H2,1-5H3. The highest BCUT2D eigenvalue weighted by atomic mass is 15.3. The van der Waals surface area contributed by atoms with Gasteiger partial charge in [-0.15, -0.1) is 0 Å². The van der Waals surface area contributed by atoms with Gasteiger partial charge >= 0.3 is 0 Å². The summed E-state index contributed by atoms with van der Waals surface area (Å²) in [5.74, 6) is 0.840. The normalized spacial score (nSPS) is 34.4. The summed E-state index contributed by atoms with van der Waals surface area (Å²) in [5, 5.41) is 3.86. The fraction of sp³-hybridized carbons (Fsp3) is 1.00. The number of hydrogen-bond acceptors (Lipinski definition) is 3. The molecule has 0 aromatic rings. The summed E-state index contributed by atoms with van der Waals surface area (Å²) in [6.45, 7) is 15.8. The SMILES string of the molecule is CCCNC1C(CN2CCN(C)C(CC)C2)CCC1(C)C. The minimum absolute atomic E-state index is 0.469. The molecule has 1 aliphatic carbocycles. The Hall–Kier alpha value is -0.120. The molecule has 0 amide bonds. The van der Waals surface area contributed by atoms with Crippen LogP contribution in [0.5, 0.6) is 0 Å². The number of hydrogen-bond donors (Lipinski definition) is 1. The highest BCUT2D eigenvalue weighted by Gasteiger charge is 2.42. The third kappa shape index (κ3) is 4.20. The maximum Gasteiger partial charge on any atom is 0.0218 e. The number of rotatable bonds is 6. The van der Waals surface area contributed by atoms with Crippen LogP contribution >= 0.6 is 0 Å². The average molecular weight is 296 g/mol. The van der Waals surface area contributed by atoms with Gasteiger partial charge in [-0.25, -0.2) is 0 Å². The molecular formula is C18H37N3. The predicted octanol–water partition coefficient (Wildman–Crippen LogP) is 2.82. The summed E-state index contributed by atoms with van der Waals surface area (Å²) >= 11 is 0. The van der Waals surface area contributed by atoms with E-state index in [1.807, 2.05) is 0 Å². The van der Waals surface area contributed by atoms with Gasteiger partial charge in [0.15, 0.2) is 0 Å². The van der Waals surface area contributed by atoms with Gasteiger partial charge in [-0.3, -0.25) is 0 Å². The number of likely N-dealkylation sites (N-methyl/N-ethyl adjacent to an activating group) is 1. The number of nitrogens with one attached hydrogen (secondary N) is 1. The van der Waals surface area contributed by atoms with Gasteiger partial charge in [-0.2, -0.15) is 0 Å². The molecule has 1 heterocycles. The summed E-state index contributed by atoms with van der Waals surface area (Å²) in [6, 6.07) is 1.47. The molecule has 1 saturated heterocycles. The largest absolute Gasteiger partial charge is 0.313 e. The fourth-order valence-electron chi connectivity index (χ4n) is 4.41. The van der Waals surface area contributed by atoms with Crippen LogP contribution in [-0.4, -0.2) is 61.7 Å². The molecule has 1 saturated carbocycles. The lowest BCUT2D eigenvalue weighted by atomic mass is 9.84. The second kappa shape index (κ2) is 7.43. The van der Waals surface area contributed by atoms with E-state index < -0.39 is 0 Å². The molecule has 0 spiro atoms. The third-order valence-electron chi connectivity index (χ3n) is 5.91. The fourth-order valence-corrected chi connectivity index (χ4v) is 4.41. The van der Waals surface area contributed by atoms with Crippen molar-refractivity contribution in [1.82, 2.24) is 15.1 Å². The first kappa shape index (κ1) is 17.2. The van der Waals surface area contributed by atoms with Gasteiger partial charge in [0.25, 0.3) is 0 Å². The Morgan fingerprint density at radius 3 is 2.62 bits per heavy atom. The molecule has 0 bridgehead atoms. The van der Waals surface area contributed by atoms with E-state index in [0.717, 1.165) is 12.0 Å². The van der Waals surface area contributed by atoms with E-state index >= 15 is 0 Å². The van der Waals surface area contributed by atoms with Crippen molar-refractivity contribution >= 4 is 0 Å². The van der Waals surface area contributed by atoms with Crippen molar-refractivity contribution in [3.8, 4) is 0 Å². The van der Waals surface area contributed by atoms with Crippen molar-refractivity contribution in [3.05, 3.63) is 0 Å². The second-order valence-corrected chi connectivity index (χ2v) is 8.02. The Morgan fingerprint density at radius 2 is 1.95 bits per heavy atom. The molecule has 3 unspecified atom stereocenters. The zero-order valence-electron chi connectivity index (χ0n) is 15.0. The van der Waals surface area contributed by atoms with Gasteiger partial charge in [-0.05, 0) is 50.6 Å². The maximum atomic E-state index is 3.86. The lowest BCUT2D eigenvalue weighted by Gasteiger charge is -2.41. The van der Waals surface area contributed by atoms with Gasteiger partial charge in [-0.1, -0.05) is 27.7 Å². The number of nitrogens with zero attached hydrogens (tertiary/aromatic N) is 2. The third-order valence-corrected chi connectivity index (χ3v) is 5.91. The van der Waals surface area contributed by atoms with Gasteiger partial charge in [0.2, 0.25) is 0 Å². The Bertz CT molecular complexity index is 316. The molecule has 3 heteroatoms. The van der Waals surface area contributed by atoms with Crippen LogP contribution in [0.2, 0.25) is 0 Å². The lowest BCUT2D eigenvalue weighted by Crippen LogP contribution is -2.54. The summed E-state index contributed by atoms with van der Waals surface area (Å²) < 4.78 is 0. The summed E-state index contributed by atoms with van der Waals surface area (Å²) in [6.07, 6.45) is 5.30. The Kier molecular flexibility index (Phi) is 6.10. The summed E-state index contributed by atoms with van der Waals surface area (Å²) in [7, 11) is 2.29. The van der Waals surface area contributed by atoms with Crippen LogP contribution in [0.25, 0.3) is 0 Å². The quantitative estimate of drug-likeness (QED) is 0.813. The molecule has 0 aromatic carbocycles. The average Bonchev–Trinajstić information content (AvgIpc) is 2.73. The van der Waals surface area contributed by atoms with Crippen molar-refractivity contribution in [3.63, 3.8) is 0 Å². The summed E-state index contributed by atoms with van der Waals surface area (Å²) in [4.78, 5) is 5.28. The molecule has 2 fully saturated rings. The van der Waals surface area contributed by atoms with E-state index in [0.29, 0.717) is 11.5 Å². The molecule has 3 nitrogen and oxygen atoms in total. The van der Waals surface area contributed by atoms with E-state index in [1.165, 1.54) is 58.4 Å². The van der Waals surface area contributed by atoms with Crippen LogP contribution in [0.15, 0.2) is 0 Å². The van der Waals surface area contributed by atoms with Crippen molar-refractivity contribution in [2.75, 3.05) is 39.8 Å². The molecule has 124 valence electrons. The van der Waals surface area contributed by atoms with E-state index in [1.54, 1.807) is 0 Å². The van der Waals surface area contributed by atoms with Gasteiger partial charge in [0.1, 0.15) is 0 Å². The zero-order chi connectivity index (χ0) is 15.5. The molecule has 2 aliphatic rings. The van der Waals surface area contributed by atoms with Crippen LogP contribution < -0.4 is 5.32 Å². The topological polar surface area (TPSA) is 18.5 Å². The van der Waals surface area contributed by atoms with Gasteiger partial charge in [0, 0.05) is 38.3 Å². The molecule has 3 atom stereocenters. The van der Waals surface area contributed by atoms with Gasteiger partial charge < -0.3 is 15.1 Å². The highest BCUT2D eigenvalue weighted by molar-refractivity contribution is 4.97. The first-order valence-electron chi connectivity index (χ1n) is 9.14. The molecule has 0 radical (unpaired) electrons. The smallest absolute Gasteiger partial charge is 0.0218 e. The van der Waals surface area contributed by atoms with Crippen molar-refractivity contribution in [2.45, 2.75) is 65.5 Å². The minimum atomic E-state index is 0.469. The molecule has 0 aromatic heterocycles. The van der Waals surface area contributed by atoms with Crippen LogP contribution in [0, 0.1) is 11.3 Å². The highest BCUT2D eigenvalue weighted by Crippen LogP contribution is 2.41. The molecule has 1 aliphatic heterocycles. The second-order valence-electron chi connectivity index (χ2n) is 8.02. The zero-order valence-corrected chi connectivity index (χ0v) is 15.0.